The van der Waals surface area contributed by atoms with Crippen LogP contribution in [0.25, 0.3) is 0 Å². The number of rotatable bonds is 36. The van der Waals surface area contributed by atoms with Crippen molar-refractivity contribution in [3.63, 3.8) is 0 Å². The number of aliphatic carboxylic acids is 4. The summed E-state index contributed by atoms with van der Waals surface area (Å²) in [6, 6.07) is 22.6. The average molecular weight is 1320 g/mol. The van der Waals surface area contributed by atoms with Crippen LogP contribution in [-0.2, 0) is 85.3 Å². The first kappa shape index (κ1) is 72.2. The third kappa shape index (κ3) is 29.2. The highest BCUT2D eigenvalue weighted by Crippen LogP contribution is 2.27. The van der Waals surface area contributed by atoms with Crippen molar-refractivity contribution in [2.75, 3.05) is 102 Å². The van der Waals surface area contributed by atoms with Gasteiger partial charge in [-0.15, -0.1) is 0 Å². The van der Waals surface area contributed by atoms with E-state index in [0.717, 1.165) is 0 Å². The number of hydrogen-bond acceptors (Lipinski definition) is 20. The van der Waals surface area contributed by atoms with Gasteiger partial charge in [-0.3, -0.25) is 57.0 Å². The number of nitrogens with zero attached hydrogens (tertiary/aromatic N) is 4. The minimum atomic E-state index is -4.25. The molecule has 1 heterocycles. The fraction of sp³-hybridized carbons (Fsp3) is 0.500. The van der Waals surface area contributed by atoms with E-state index in [2.05, 4.69) is 0 Å². The van der Waals surface area contributed by atoms with E-state index >= 15 is 0 Å². The maximum Gasteiger partial charge on any atom is 0.317 e. The van der Waals surface area contributed by atoms with Crippen LogP contribution >= 0.6 is 0 Å². The molecule has 0 spiro atoms. The fourth-order valence-corrected chi connectivity index (χ4v) is 12.0. The number of carboxylic acid groups (broad SMARTS) is 4. The first-order chi connectivity index (χ1) is 41.3. The van der Waals surface area contributed by atoms with E-state index in [1.54, 1.807) is 117 Å². The molecule has 0 radical (unpaired) electrons. The van der Waals surface area contributed by atoms with Crippen molar-refractivity contribution in [3.8, 4) is 23.0 Å². The molecule has 32 heteroatoms. The summed E-state index contributed by atoms with van der Waals surface area (Å²) in [5, 5.41) is 43.0. The van der Waals surface area contributed by atoms with Crippen molar-refractivity contribution in [1.82, 2.24) is 19.6 Å². The molecule has 0 unspecified atom stereocenters. The molecule has 0 amide bonds. The van der Waals surface area contributed by atoms with E-state index in [9.17, 15) is 91.5 Å². The molecule has 0 aromatic heterocycles. The molecule has 1 aliphatic heterocycles. The number of ether oxygens (including phenoxy) is 4. The first-order valence-corrected chi connectivity index (χ1v) is 34.3. The molecule has 4 aromatic rings. The number of carbonyl (C=O) groups is 4. The lowest BCUT2D eigenvalue weighted by Crippen LogP contribution is -2.61. The van der Waals surface area contributed by atoms with Gasteiger partial charge in [-0.25, -0.2) is 0 Å². The van der Waals surface area contributed by atoms with Crippen LogP contribution in [0.5, 0.6) is 23.0 Å². The van der Waals surface area contributed by atoms with Crippen molar-refractivity contribution >= 4 is 64.3 Å². The Bertz CT molecular complexity index is 2900. The summed E-state index contributed by atoms with van der Waals surface area (Å²) >= 11 is 0. The van der Waals surface area contributed by atoms with Gasteiger partial charge in [0.05, 0.1) is 75.6 Å². The summed E-state index contributed by atoms with van der Waals surface area (Å²) in [5.74, 6) is -6.02. The van der Waals surface area contributed by atoms with Crippen LogP contribution in [0.4, 0.5) is 0 Å². The standard InChI is InChI=1S/C56H76N4O24S4/c61-53(62)37-57-34-46(30-42-7-15-50(16-8-42)82-22-2-26-86(72,73)74)59(39-55(65)66)36-48(32-44-11-19-52(20-12-44)84-24-4-28-88(78,79)80)60(40-56(67)68)35-47(31-43-9-17-51(18-10-43)83-23-3-27-87(75,76)77)58(38-54(63)64)33-45(57)29-41-5-13-49(14-6-41)81-21-1-25-85(69,70)71/h5-20,45-48H,1-4,21-40H2,(H,61,62)(H,63,64)(H,65,66)(H,67,68)(H,69,70,71)(H,72,73,74)(H,75,76,77)(H,78,79,80)/t45-,46-,47-,48-/m0/s1. The fourth-order valence-electron chi connectivity index (χ4n) is 10.1. The third-order valence-electron chi connectivity index (χ3n) is 14.0. The zero-order valence-corrected chi connectivity index (χ0v) is 51.3. The van der Waals surface area contributed by atoms with Gasteiger partial charge in [-0.05, 0) is 122 Å². The summed E-state index contributed by atoms with van der Waals surface area (Å²) in [6.45, 7) is -3.60. The van der Waals surface area contributed by atoms with Crippen LogP contribution in [0.3, 0.4) is 0 Å². The maximum atomic E-state index is 13.2. The molecule has 1 fully saturated rings. The number of hydrogen-bond donors (Lipinski definition) is 8. The molecule has 0 saturated carbocycles. The van der Waals surface area contributed by atoms with Gasteiger partial charge in [0.15, 0.2) is 0 Å². The number of benzene rings is 4. The van der Waals surface area contributed by atoms with Crippen molar-refractivity contribution in [1.29, 1.82) is 0 Å². The molecule has 8 N–H and O–H groups in total. The highest BCUT2D eigenvalue weighted by Gasteiger charge is 2.37. The summed E-state index contributed by atoms with van der Waals surface area (Å²) in [5.41, 5.74) is 2.41. The Balaban J connectivity index is 1.68. The lowest BCUT2D eigenvalue weighted by atomic mass is 9.95. The SMILES string of the molecule is O=C(O)CN1C[C@H](Cc2ccc(OCCCS(=O)(=O)O)cc2)N(CC(=O)O)C[C@H](Cc2ccc(OCCCS(=O)(=O)O)cc2)N(CC(=O)O)C[C@H](Cc2ccc(OCCCS(=O)(=O)O)cc2)N(CC(=O)O)C[C@@H]1Cc1ccc(OCCCS(=O)(=O)O)cc1. The molecule has 1 saturated heterocycles. The predicted octanol–water partition coefficient (Wildman–Crippen LogP) is 2.62. The Morgan fingerprint density at radius 3 is 0.648 bits per heavy atom. The predicted molar refractivity (Wildman–Crippen MR) is 319 cm³/mol. The van der Waals surface area contributed by atoms with Gasteiger partial charge >= 0.3 is 23.9 Å². The lowest BCUT2D eigenvalue weighted by molar-refractivity contribution is -0.144. The van der Waals surface area contributed by atoms with Gasteiger partial charge in [-0.2, -0.15) is 33.7 Å². The molecule has 1 aliphatic rings. The summed E-state index contributed by atoms with van der Waals surface area (Å²) < 4.78 is 150. The first-order valence-electron chi connectivity index (χ1n) is 27.8. The van der Waals surface area contributed by atoms with E-state index in [4.69, 9.17) is 18.9 Å². The van der Waals surface area contributed by atoms with Crippen molar-refractivity contribution in [2.45, 2.75) is 75.5 Å². The second kappa shape index (κ2) is 34.4. The van der Waals surface area contributed by atoms with Crippen LogP contribution in [0.15, 0.2) is 97.1 Å². The summed E-state index contributed by atoms with van der Waals surface area (Å²) in [4.78, 5) is 59.4. The molecule has 4 atom stereocenters. The molecule has 5 rings (SSSR count). The second-order valence-corrected chi connectivity index (χ2v) is 27.5. The molecular formula is C56H76N4O24S4. The van der Waals surface area contributed by atoms with E-state index in [-0.39, 0.29) is 104 Å². The molecule has 0 aliphatic carbocycles. The average Bonchev–Trinajstić information content (AvgIpc) is 2.56. The van der Waals surface area contributed by atoms with Gasteiger partial charge in [0.1, 0.15) is 23.0 Å². The molecule has 0 bridgehead atoms. The van der Waals surface area contributed by atoms with E-state index < -0.39 is 138 Å². The van der Waals surface area contributed by atoms with Gasteiger partial charge < -0.3 is 39.4 Å². The van der Waals surface area contributed by atoms with Crippen LogP contribution in [0.1, 0.15) is 47.9 Å². The highest BCUT2D eigenvalue weighted by molar-refractivity contribution is 7.86. The third-order valence-corrected chi connectivity index (χ3v) is 17.3. The quantitative estimate of drug-likeness (QED) is 0.0240. The normalized spacial score (nSPS) is 18.1. The summed E-state index contributed by atoms with van der Waals surface area (Å²) in [7, 11) is -17.0. The van der Waals surface area contributed by atoms with E-state index in [0.29, 0.717) is 45.3 Å². The Morgan fingerprint density at radius 1 is 0.330 bits per heavy atom. The van der Waals surface area contributed by atoms with Crippen LogP contribution in [0.2, 0.25) is 0 Å². The van der Waals surface area contributed by atoms with E-state index in [1.165, 1.54) is 0 Å². The monoisotopic (exact) mass is 1320 g/mol. The van der Waals surface area contributed by atoms with Gasteiger partial charge in [0.25, 0.3) is 40.5 Å². The zero-order valence-electron chi connectivity index (χ0n) is 48.0. The number of carboxylic acids is 4. The van der Waals surface area contributed by atoms with E-state index in [1.807, 2.05) is 0 Å². The Labute approximate surface area is 511 Å². The molecule has 88 heavy (non-hydrogen) atoms. The highest BCUT2D eigenvalue weighted by atomic mass is 32.2. The largest absolute Gasteiger partial charge is 0.494 e. The topological polar surface area (TPSA) is 417 Å². The lowest BCUT2D eigenvalue weighted by Gasteiger charge is -2.45. The molecule has 488 valence electrons. The van der Waals surface area contributed by atoms with Crippen LogP contribution in [0, 0.1) is 0 Å². The molecule has 28 nitrogen and oxygen atoms in total. The Morgan fingerprint density at radius 2 is 0.500 bits per heavy atom. The Hall–Kier alpha value is -6.56. The molecule has 4 aromatic carbocycles. The minimum Gasteiger partial charge on any atom is -0.494 e. The Kier molecular flexibility index (Phi) is 28.2. The summed E-state index contributed by atoms with van der Waals surface area (Å²) in [6.07, 6.45) is 0.0611. The van der Waals surface area contributed by atoms with Crippen molar-refractivity contribution in [3.05, 3.63) is 119 Å². The van der Waals surface area contributed by atoms with Crippen molar-refractivity contribution in [2.24, 2.45) is 0 Å². The van der Waals surface area contributed by atoms with Crippen molar-refractivity contribution < 1.29 is 110 Å². The van der Waals surface area contributed by atoms with Crippen LogP contribution in [-0.4, -0.2) is 242 Å². The van der Waals surface area contributed by atoms with Gasteiger partial charge in [-0.1, -0.05) is 48.5 Å². The smallest absolute Gasteiger partial charge is 0.317 e. The molecular weight excluding hydrogens is 1240 g/mol. The van der Waals surface area contributed by atoms with Gasteiger partial charge in [0, 0.05) is 50.3 Å². The minimum absolute atomic E-state index is 0.0261. The second-order valence-electron chi connectivity index (χ2n) is 21.3. The van der Waals surface area contributed by atoms with Crippen LogP contribution < -0.4 is 18.9 Å². The van der Waals surface area contributed by atoms with Gasteiger partial charge in [0.2, 0.25) is 0 Å². The maximum absolute atomic E-state index is 13.2. The zero-order chi connectivity index (χ0) is 64.7.